The summed E-state index contributed by atoms with van der Waals surface area (Å²) in [4.78, 5) is 12.3. The first-order valence-corrected chi connectivity index (χ1v) is 8.81. The van der Waals surface area contributed by atoms with Crippen molar-refractivity contribution in [2.75, 3.05) is 13.2 Å². The van der Waals surface area contributed by atoms with E-state index in [-0.39, 0.29) is 24.1 Å². The fourth-order valence-corrected chi connectivity index (χ4v) is 2.73. The van der Waals surface area contributed by atoms with Crippen molar-refractivity contribution in [2.24, 2.45) is 0 Å². The highest BCUT2D eigenvalue weighted by molar-refractivity contribution is 5.91. The lowest BCUT2D eigenvalue weighted by Gasteiger charge is -2.18. The minimum absolute atomic E-state index is 0.140. The predicted octanol–water partition coefficient (Wildman–Crippen LogP) is 3.70. The van der Waals surface area contributed by atoms with Gasteiger partial charge in [-0.2, -0.15) is 0 Å². The maximum absolute atomic E-state index is 12.9. The SMILES string of the molecule is O=C(NCc1ccc2c(c1)OCCO2)c1ccc(COc2ccc(F)cc2)o1. The summed E-state index contributed by atoms with van der Waals surface area (Å²) in [6, 6.07) is 14.5. The molecule has 0 unspecified atom stereocenters. The van der Waals surface area contributed by atoms with Crippen molar-refractivity contribution in [3.05, 3.63) is 77.5 Å². The maximum Gasteiger partial charge on any atom is 0.287 e. The van der Waals surface area contributed by atoms with Crippen molar-refractivity contribution >= 4 is 5.91 Å². The van der Waals surface area contributed by atoms with Crippen molar-refractivity contribution in [1.29, 1.82) is 0 Å². The molecular formula is C21H18FNO5. The minimum atomic E-state index is -0.331. The zero-order valence-electron chi connectivity index (χ0n) is 14.9. The number of furan rings is 1. The molecular weight excluding hydrogens is 365 g/mol. The Bertz CT molecular complexity index is 967. The first-order valence-electron chi connectivity index (χ1n) is 8.81. The second kappa shape index (κ2) is 8.04. The standard InChI is InChI=1S/C21H18FNO5/c22-15-2-4-16(5-3-15)27-13-17-6-8-19(28-17)21(24)23-12-14-1-7-18-20(11-14)26-10-9-25-18/h1-8,11H,9-10,12-13H2,(H,23,24). The summed E-state index contributed by atoms with van der Waals surface area (Å²) < 4.78 is 34.9. The molecule has 1 aliphatic heterocycles. The van der Waals surface area contributed by atoms with Crippen molar-refractivity contribution in [2.45, 2.75) is 13.2 Å². The summed E-state index contributed by atoms with van der Waals surface area (Å²) in [6.07, 6.45) is 0. The van der Waals surface area contributed by atoms with E-state index in [4.69, 9.17) is 18.6 Å². The Labute approximate surface area is 160 Å². The van der Waals surface area contributed by atoms with Gasteiger partial charge in [-0.05, 0) is 54.1 Å². The lowest BCUT2D eigenvalue weighted by Crippen LogP contribution is -2.22. The topological polar surface area (TPSA) is 69.9 Å². The van der Waals surface area contributed by atoms with Gasteiger partial charge in [0.1, 0.15) is 37.1 Å². The molecule has 1 amide bonds. The van der Waals surface area contributed by atoms with E-state index in [2.05, 4.69) is 5.32 Å². The second-order valence-corrected chi connectivity index (χ2v) is 6.17. The number of hydrogen-bond acceptors (Lipinski definition) is 5. The molecule has 0 atom stereocenters. The average Bonchev–Trinajstić information content (AvgIpc) is 3.21. The largest absolute Gasteiger partial charge is 0.486 e. The Morgan fingerprint density at radius 2 is 1.79 bits per heavy atom. The number of amides is 1. The molecule has 28 heavy (non-hydrogen) atoms. The van der Waals surface area contributed by atoms with Crippen LogP contribution in [0.4, 0.5) is 4.39 Å². The fourth-order valence-electron chi connectivity index (χ4n) is 2.73. The molecule has 1 aliphatic rings. The van der Waals surface area contributed by atoms with Gasteiger partial charge in [0.2, 0.25) is 0 Å². The zero-order valence-corrected chi connectivity index (χ0v) is 14.9. The van der Waals surface area contributed by atoms with Gasteiger partial charge in [0.15, 0.2) is 17.3 Å². The van der Waals surface area contributed by atoms with Crippen LogP contribution < -0.4 is 19.5 Å². The number of rotatable bonds is 6. The van der Waals surface area contributed by atoms with Gasteiger partial charge >= 0.3 is 0 Å². The molecule has 0 fully saturated rings. The fraction of sp³-hybridized carbons (Fsp3) is 0.190. The summed E-state index contributed by atoms with van der Waals surface area (Å²) in [5, 5.41) is 2.80. The summed E-state index contributed by atoms with van der Waals surface area (Å²) in [5.41, 5.74) is 0.893. The first-order chi connectivity index (χ1) is 13.7. The third-order valence-corrected chi connectivity index (χ3v) is 4.14. The molecule has 7 heteroatoms. The molecule has 1 aromatic heterocycles. The number of ether oxygens (including phenoxy) is 3. The van der Waals surface area contributed by atoms with Crippen LogP contribution >= 0.6 is 0 Å². The summed E-state index contributed by atoms with van der Waals surface area (Å²) in [6.45, 7) is 1.52. The smallest absolute Gasteiger partial charge is 0.287 e. The van der Waals surface area contributed by atoms with E-state index in [1.807, 2.05) is 18.2 Å². The lowest BCUT2D eigenvalue weighted by atomic mass is 10.2. The zero-order chi connectivity index (χ0) is 19.3. The highest BCUT2D eigenvalue weighted by Crippen LogP contribution is 2.30. The van der Waals surface area contributed by atoms with E-state index in [0.29, 0.717) is 42.8 Å². The molecule has 0 saturated carbocycles. The van der Waals surface area contributed by atoms with E-state index < -0.39 is 0 Å². The van der Waals surface area contributed by atoms with Gasteiger partial charge in [0.25, 0.3) is 5.91 Å². The summed E-state index contributed by atoms with van der Waals surface area (Å²) in [7, 11) is 0. The van der Waals surface area contributed by atoms with Crippen molar-refractivity contribution in [3.8, 4) is 17.2 Å². The van der Waals surface area contributed by atoms with Crippen LogP contribution in [0.2, 0.25) is 0 Å². The molecule has 4 rings (SSSR count). The highest BCUT2D eigenvalue weighted by atomic mass is 19.1. The molecule has 6 nitrogen and oxygen atoms in total. The number of carbonyl (C=O) groups excluding carboxylic acids is 1. The van der Waals surface area contributed by atoms with E-state index >= 15 is 0 Å². The number of hydrogen-bond donors (Lipinski definition) is 1. The van der Waals surface area contributed by atoms with Crippen LogP contribution in [0.25, 0.3) is 0 Å². The second-order valence-electron chi connectivity index (χ2n) is 6.17. The maximum atomic E-state index is 12.9. The molecule has 2 aromatic carbocycles. The third-order valence-electron chi connectivity index (χ3n) is 4.14. The molecule has 144 valence electrons. The number of fused-ring (bicyclic) bond motifs is 1. The van der Waals surface area contributed by atoms with Crippen LogP contribution in [0.15, 0.2) is 59.0 Å². The van der Waals surface area contributed by atoms with Crippen LogP contribution in [0, 0.1) is 5.82 Å². The molecule has 0 saturated heterocycles. The quantitative estimate of drug-likeness (QED) is 0.703. The van der Waals surface area contributed by atoms with E-state index in [1.165, 1.54) is 24.3 Å². The van der Waals surface area contributed by atoms with Gasteiger partial charge in [0, 0.05) is 6.54 Å². The highest BCUT2D eigenvalue weighted by Gasteiger charge is 2.14. The van der Waals surface area contributed by atoms with E-state index in [1.54, 1.807) is 12.1 Å². The Morgan fingerprint density at radius 3 is 2.61 bits per heavy atom. The lowest BCUT2D eigenvalue weighted by molar-refractivity contribution is 0.0919. The van der Waals surface area contributed by atoms with Gasteiger partial charge < -0.3 is 23.9 Å². The number of carbonyl (C=O) groups is 1. The van der Waals surface area contributed by atoms with Crippen LogP contribution in [0.3, 0.4) is 0 Å². The van der Waals surface area contributed by atoms with E-state index in [9.17, 15) is 9.18 Å². The van der Waals surface area contributed by atoms with Gasteiger partial charge in [-0.15, -0.1) is 0 Å². The molecule has 2 heterocycles. The number of halogens is 1. The van der Waals surface area contributed by atoms with Crippen LogP contribution in [0.5, 0.6) is 17.2 Å². The number of nitrogens with one attached hydrogen (secondary N) is 1. The monoisotopic (exact) mass is 383 g/mol. The first kappa shape index (κ1) is 17.9. The van der Waals surface area contributed by atoms with Gasteiger partial charge in [-0.25, -0.2) is 4.39 Å². The van der Waals surface area contributed by atoms with Gasteiger partial charge in [-0.3, -0.25) is 4.79 Å². The Hall–Kier alpha value is -3.48. The average molecular weight is 383 g/mol. The normalized spacial score (nSPS) is 12.5. The van der Waals surface area contributed by atoms with Crippen molar-refractivity contribution in [1.82, 2.24) is 5.32 Å². The summed E-state index contributed by atoms with van der Waals surface area (Å²) in [5.74, 6) is 1.92. The Balaban J connectivity index is 1.31. The molecule has 0 radical (unpaired) electrons. The van der Waals surface area contributed by atoms with Crippen LogP contribution in [-0.4, -0.2) is 19.1 Å². The van der Waals surface area contributed by atoms with Gasteiger partial charge in [-0.1, -0.05) is 6.07 Å². The Morgan fingerprint density at radius 1 is 1.00 bits per heavy atom. The molecule has 0 spiro atoms. The van der Waals surface area contributed by atoms with Crippen molar-refractivity contribution in [3.63, 3.8) is 0 Å². The molecule has 3 aromatic rings. The van der Waals surface area contributed by atoms with E-state index in [0.717, 1.165) is 5.56 Å². The van der Waals surface area contributed by atoms with Crippen LogP contribution in [0.1, 0.15) is 21.9 Å². The minimum Gasteiger partial charge on any atom is -0.486 e. The van der Waals surface area contributed by atoms with Gasteiger partial charge in [0.05, 0.1) is 0 Å². The third kappa shape index (κ3) is 4.25. The molecule has 0 bridgehead atoms. The number of benzene rings is 2. The molecule has 1 N–H and O–H groups in total. The van der Waals surface area contributed by atoms with Crippen LogP contribution in [-0.2, 0) is 13.2 Å². The summed E-state index contributed by atoms with van der Waals surface area (Å²) >= 11 is 0. The molecule has 0 aliphatic carbocycles. The van der Waals surface area contributed by atoms with Crippen molar-refractivity contribution < 1.29 is 27.8 Å². The predicted molar refractivity (Wildman–Crippen MR) is 98.0 cm³/mol. The Kier molecular flexibility index (Phi) is 5.14.